The topological polar surface area (TPSA) is 46.1 Å². The van der Waals surface area contributed by atoms with Crippen LogP contribution in [0.4, 0.5) is 8.78 Å². The van der Waals surface area contributed by atoms with Crippen LogP contribution in [0, 0.1) is 24.5 Å². The second kappa shape index (κ2) is 7.68. The van der Waals surface area contributed by atoms with Crippen molar-refractivity contribution in [2.75, 3.05) is 13.1 Å². The minimum atomic E-state index is -0.822. The lowest BCUT2D eigenvalue weighted by atomic mass is 9.91. The summed E-state index contributed by atoms with van der Waals surface area (Å²) in [5, 5.41) is 0. The number of nitrogens with zero attached hydrogens (tertiary/aromatic N) is 3. The molecule has 6 heteroatoms. The highest BCUT2D eigenvalue weighted by atomic mass is 19.2. The Morgan fingerprint density at radius 3 is 2.80 bits per heavy atom. The molecule has 0 N–H and O–H groups in total. The van der Waals surface area contributed by atoms with Crippen LogP contribution in [0.5, 0.6) is 0 Å². The summed E-state index contributed by atoms with van der Waals surface area (Å²) in [6.07, 6.45) is 6.60. The molecule has 1 atom stereocenters. The van der Waals surface area contributed by atoms with Crippen molar-refractivity contribution in [2.45, 2.75) is 32.6 Å². The molecular formula is C19H21F2N3O. The summed E-state index contributed by atoms with van der Waals surface area (Å²) in [6, 6.07) is 4.03. The number of aryl methyl sites for hydroxylation is 2. The van der Waals surface area contributed by atoms with E-state index in [9.17, 15) is 13.6 Å². The highest BCUT2D eigenvalue weighted by molar-refractivity contribution is 5.92. The highest BCUT2D eigenvalue weighted by Crippen LogP contribution is 2.23. The lowest BCUT2D eigenvalue weighted by Crippen LogP contribution is -2.40. The molecule has 0 unspecified atom stereocenters. The quantitative estimate of drug-likeness (QED) is 0.851. The van der Waals surface area contributed by atoms with Gasteiger partial charge in [0.25, 0.3) is 5.91 Å². The Labute approximate surface area is 145 Å². The van der Waals surface area contributed by atoms with Crippen molar-refractivity contribution in [3.05, 3.63) is 59.2 Å². The van der Waals surface area contributed by atoms with Crippen molar-refractivity contribution in [1.29, 1.82) is 0 Å². The van der Waals surface area contributed by atoms with Crippen molar-refractivity contribution in [2.24, 2.45) is 5.92 Å². The number of amides is 1. The molecule has 2 aromatic rings. The number of hydrogen-bond donors (Lipinski definition) is 0. The molecule has 0 saturated carbocycles. The van der Waals surface area contributed by atoms with Gasteiger partial charge in [-0.05, 0) is 56.2 Å². The summed E-state index contributed by atoms with van der Waals surface area (Å²) in [7, 11) is 0. The molecule has 0 spiro atoms. The minimum absolute atomic E-state index is 0.0926. The van der Waals surface area contributed by atoms with E-state index in [0.717, 1.165) is 43.1 Å². The van der Waals surface area contributed by atoms with E-state index in [1.165, 1.54) is 12.3 Å². The predicted octanol–water partition coefficient (Wildman–Crippen LogP) is 3.55. The van der Waals surface area contributed by atoms with E-state index < -0.39 is 11.6 Å². The monoisotopic (exact) mass is 345 g/mol. The van der Waals surface area contributed by atoms with E-state index in [0.29, 0.717) is 24.6 Å². The third-order valence-electron chi connectivity index (χ3n) is 4.63. The fourth-order valence-corrected chi connectivity index (χ4v) is 3.22. The van der Waals surface area contributed by atoms with Crippen LogP contribution < -0.4 is 0 Å². The van der Waals surface area contributed by atoms with E-state index in [2.05, 4.69) is 9.97 Å². The average molecular weight is 345 g/mol. The molecule has 1 aromatic carbocycles. The van der Waals surface area contributed by atoms with Gasteiger partial charge in [0, 0.05) is 19.3 Å². The lowest BCUT2D eigenvalue weighted by Gasteiger charge is -2.32. The van der Waals surface area contributed by atoms with Crippen molar-refractivity contribution in [3.8, 4) is 0 Å². The van der Waals surface area contributed by atoms with Gasteiger partial charge in [-0.2, -0.15) is 0 Å². The van der Waals surface area contributed by atoms with Gasteiger partial charge in [-0.3, -0.25) is 9.78 Å². The fourth-order valence-electron chi connectivity index (χ4n) is 3.22. The molecule has 25 heavy (non-hydrogen) atoms. The van der Waals surface area contributed by atoms with Gasteiger partial charge < -0.3 is 4.90 Å². The fraction of sp³-hybridized carbons (Fsp3) is 0.421. The molecule has 1 aliphatic rings. The maximum absolute atomic E-state index is 13.3. The first-order valence-corrected chi connectivity index (χ1v) is 8.55. The van der Waals surface area contributed by atoms with Gasteiger partial charge >= 0.3 is 0 Å². The first-order chi connectivity index (χ1) is 12.0. The number of hydrogen-bond acceptors (Lipinski definition) is 3. The van der Waals surface area contributed by atoms with Crippen LogP contribution in [-0.2, 0) is 6.42 Å². The van der Waals surface area contributed by atoms with Gasteiger partial charge in [-0.15, -0.1) is 0 Å². The van der Waals surface area contributed by atoms with Crippen LogP contribution >= 0.6 is 0 Å². The van der Waals surface area contributed by atoms with Gasteiger partial charge in [0.15, 0.2) is 11.6 Å². The zero-order valence-electron chi connectivity index (χ0n) is 14.2. The van der Waals surface area contributed by atoms with Crippen molar-refractivity contribution >= 4 is 5.91 Å². The molecule has 1 saturated heterocycles. The molecule has 0 bridgehead atoms. The average Bonchev–Trinajstić information content (AvgIpc) is 2.63. The van der Waals surface area contributed by atoms with Crippen LogP contribution in [0.15, 0.2) is 30.6 Å². The van der Waals surface area contributed by atoms with Crippen LogP contribution in [0.2, 0.25) is 0 Å². The Morgan fingerprint density at radius 1 is 1.24 bits per heavy atom. The number of benzene rings is 1. The Morgan fingerprint density at radius 2 is 2.08 bits per heavy atom. The third kappa shape index (κ3) is 4.38. The molecule has 0 aliphatic carbocycles. The zero-order valence-corrected chi connectivity index (χ0v) is 14.2. The molecule has 1 fully saturated rings. The number of rotatable bonds is 4. The summed E-state index contributed by atoms with van der Waals surface area (Å²) >= 11 is 0. The summed E-state index contributed by atoms with van der Waals surface area (Å²) < 4.78 is 26.3. The van der Waals surface area contributed by atoms with Gasteiger partial charge in [0.2, 0.25) is 0 Å². The first-order valence-electron chi connectivity index (χ1n) is 8.55. The van der Waals surface area contributed by atoms with Crippen LogP contribution in [0.1, 0.15) is 41.0 Å². The Kier molecular flexibility index (Phi) is 5.36. The molecule has 2 heterocycles. The maximum Gasteiger partial charge on any atom is 0.274 e. The predicted molar refractivity (Wildman–Crippen MR) is 90.1 cm³/mol. The molecule has 1 aliphatic heterocycles. The number of carbonyl (C=O) groups excluding carboxylic acids is 1. The Balaban J connectivity index is 1.58. The smallest absolute Gasteiger partial charge is 0.274 e. The Bertz CT molecular complexity index is 749. The molecule has 1 amide bonds. The number of carbonyl (C=O) groups is 1. The number of piperidine rings is 1. The van der Waals surface area contributed by atoms with Crippen molar-refractivity contribution in [1.82, 2.24) is 14.9 Å². The van der Waals surface area contributed by atoms with Gasteiger partial charge in [-0.1, -0.05) is 6.07 Å². The molecule has 0 radical (unpaired) electrons. The van der Waals surface area contributed by atoms with E-state index >= 15 is 0 Å². The molecule has 4 nitrogen and oxygen atoms in total. The molecule has 132 valence electrons. The minimum Gasteiger partial charge on any atom is -0.337 e. The molecular weight excluding hydrogens is 324 g/mol. The standard InChI is InChI=1S/C19H21F2N3O/c1-13-10-23-18(11-22-13)19(25)24-8-2-3-15(12-24)5-4-14-6-7-16(20)17(21)9-14/h6-7,9-11,15H,2-5,8,12H2,1H3/t15-/m1/s1. The maximum atomic E-state index is 13.3. The van der Waals surface area contributed by atoms with E-state index in [1.807, 2.05) is 11.8 Å². The molecule has 3 rings (SSSR count). The highest BCUT2D eigenvalue weighted by Gasteiger charge is 2.25. The third-order valence-corrected chi connectivity index (χ3v) is 4.63. The van der Waals surface area contributed by atoms with E-state index in [4.69, 9.17) is 0 Å². The normalized spacial score (nSPS) is 17.6. The van der Waals surface area contributed by atoms with Crippen LogP contribution in [0.25, 0.3) is 0 Å². The largest absolute Gasteiger partial charge is 0.337 e. The summed E-state index contributed by atoms with van der Waals surface area (Å²) in [5.74, 6) is -1.37. The Hall–Kier alpha value is -2.37. The van der Waals surface area contributed by atoms with Gasteiger partial charge in [-0.25, -0.2) is 13.8 Å². The zero-order chi connectivity index (χ0) is 17.8. The second-order valence-corrected chi connectivity index (χ2v) is 6.59. The van der Waals surface area contributed by atoms with Gasteiger partial charge in [0.1, 0.15) is 5.69 Å². The molecule has 1 aromatic heterocycles. The number of likely N-dealkylation sites (tertiary alicyclic amines) is 1. The second-order valence-electron chi connectivity index (χ2n) is 6.59. The van der Waals surface area contributed by atoms with Crippen LogP contribution in [-0.4, -0.2) is 33.9 Å². The van der Waals surface area contributed by atoms with Crippen molar-refractivity contribution in [3.63, 3.8) is 0 Å². The van der Waals surface area contributed by atoms with Crippen LogP contribution in [0.3, 0.4) is 0 Å². The number of halogens is 2. The van der Waals surface area contributed by atoms with E-state index in [-0.39, 0.29) is 5.91 Å². The summed E-state index contributed by atoms with van der Waals surface area (Å²) in [4.78, 5) is 22.7. The summed E-state index contributed by atoms with van der Waals surface area (Å²) in [6.45, 7) is 3.21. The van der Waals surface area contributed by atoms with E-state index in [1.54, 1.807) is 12.3 Å². The summed E-state index contributed by atoms with van der Waals surface area (Å²) in [5.41, 5.74) is 1.93. The van der Waals surface area contributed by atoms with Crippen molar-refractivity contribution < 1.29 is 13.6 Å². The van der Waals surface area contributed by atoms with Gasteiger partial charge in [0.05, 0.1) is 11.9 Å². The lowest BCUT2D eigenvalue weighted by molar-refractivity contribution is 0.0662. The first kappa shape index (κ1) is 17.5. The SMILES string of the molecule is Cc1cnc(C(=O)N2CCC[C@H](CCc3ccc(F)c(F)c3)C2)cn1. The number of aromatic nitrogens is 2.